The molecule has 0 unspecified atom stereocenters. The monoisotopic (exact) mass is 348 g/mol. The maximum atomic E-state index is 12.5. The molecule has 1 saturated heterocycles. The van der Waals surface area contributed by atoms with Crippen molar-refractivity contribution in [2.24, 2.45) is 5.92 Å². The lowest BCUT2D eigenvalue weighted by Gasteiger charge is -2.34. The Morgan fingerprint density at radius 2 is 1.92 bits per heavy atom. The lowest BCUT2D eigenvalue weighted by Crippen LogP contribution is -2.56. The zero-order valence-corrected chi connectivity index (χ0v) is 14.7. The van der Waals surface area contributed by atoms with Gasteiger partial charge in [-0.1, -0.05) is 48.5 Å². The largest absolute Gasteiger partial charge is 0.459 e. The van der Waals surface area contributed by atoms with E-state index >= 15 is 0 Å². The topological polar surface area (TPSA) is 67.4 Å². The van der Waals surface area contributed by atoms with E-state index in [0.29, 0.717) is 5.03 Å². The van der Waals surface area contributed by atoms with Gasteiger partial charge in [0, 0.05) is 10.7 Å². The summed E-state index contributed by atoms with van der Waals surface area (Å²) in [7, 11) is 0. The fourth-order valence-electron chi connectivity index (χ4n) is 2.36. The highest BCUT2D eigenvalue weighted by Crippen LogP contribution is 2.28. The van der Waals surface area contributed by atoms with Crippen LogP contribution in [0, 0.1) is 5.92 Å². The number of carbonyl (C=O) groups excluding carboxylic acids is 2. The first-order valence-corrected chi connectivity index (χ1v) is 7.96. The smallest absolute Gasteiger partial charge is 0.319 e. The molecule has 0 aliphatic carbocycles. The Morgan fingerprint density at radius 1 is 1.29 bits per heavy atom. The molecule has 2 atom stereocenters. The van der Waals surface area contributed by atoms with Crippen molar-refractivity contribution in [2.45, 2.75) is 32.4 Å². The van der Waals surface area contributed by atoms with Crippen molar-refractivity contribution in [1.82, 2.24) is 10.6 Å². The molecule has 1 fully saturated rings. The Kier molecular flexibility index (Phi) is 5.34. The van der Waals surface area contributed by atoms with Gasteiger partial charge in [-0.3, -0.25) is 4.79 Å². The van der Waals surface area contributed by atoms with E-state index in [1.165, 1.54) is 0 Å². The van der Waals surface area contributed by atoms with Gasteiger partial charge < -0.3 is 15.4 Å². The molecule has 5 nitrogen and oxygen atoms in total. The molecular weight excluding hydrogens is 328 g/mol. The minimum atomic E-state index is -0.811. The van der Waals surface area contributed by atoms with Gasteiger partial charge >= 0.3 is 12.0 Å². The first-order valence-electron chi connectivity index (χ1n) is 7.59. The van der Waals surface area contributed by atoms with Crippen molar-refractivity contribution in [3.8, 4) is 0 Å². The van der Waals surface area contributed by atoms with E-state index in [1.807, 2.05) is 30.3 Å². The Morgan fingerprint density at radius 3 is 2.50 bits per heavy atom. The van der Waals surface area contributed by atoms with Gasteiger partial charge in [-0.05, 0) is 32.4 Å². The summed E-state index contributed by atoms with van der Waals surface area (Å²) in [5.41, 5.74) is 0.473. The van der Waals surface area contributed by atoms with E-state index in [2.05, 4.69) is 17.2 Å². The summed E-state index contributed by atoms with van der Waals surface area (Å²) >= 11 is 6.40. The van der Waals surface area contributed by atoms with Gasteiger partial charge in [0.05, 0.1) is 6.04 Å². The molecule has 2 rings (SSSR count). The highest BCUT2D eigenvalue weighted by molar-refractivity contribution is 6.32. The average molecular weight is 349 g/mol. The standard InChI is InChI=1S/C18H21ClN2O3/c1-11-14(16(22)24-18(2,3)4)15(21-17(23)20-11)13(19)10-12-8-6-5-7-9-12/h5-10,14-15H,1H2,2-4H3,(H2,20,21,23)/b13-10-/t14-,15+/m0/s1. The highest BCUT2D eigenvalue weighted by Gasteiger charge is 2.40. The number of nitrogens with one attached hydrogen (secondary N) is 2. The molecule has 6 heteroatoms. The predicted molar refractivity (Wildman–Crippen MR) is 94.2 cm³/mol. The fourth-order valence-corrected chi connectivity index (χ4v) is 2.66. The quantitative estimate of drug-likeness (QED) is 0.822. The first kappa shape index (κ1) is 18.1. The second-order valence-electron chi connectivity index (χ2n) is 6.55. The summed E-state index contributed by atoms with van der Waals surface area (Å²) in [6.07, 6.45) is 1.71. The number of benzene rings is 1. The van der Waals surface area contributed by atoms with Crippen molar-refractivity contribution in [2.75, 3.05) is 0 Å². The van der Waals surface area contributed by atoms with Gasteiger partial charge in [0.2, 0.25) is 0 Å². The molecule has 1 aromatic carbocycles. The maximum Gasteiger partial charge on any atom is 0.319 e. The van der Waals surface area contributed by atoms with Crippen LogP contribution in [-0.2, 0) is 9.53 Å². The van der Waals surface area contributed by atoms with Crippen LogP contribution in [0.25, 0.3) is 6.08 Å². The van der Waals surface area contributed by atoms with Crippen LogP contribution in [0.2, 0.25) is 0 Å². The number of urea groups is 1. The Hall–Kier alpha value is -2.27. The highest BCUT2D eigenvalue weighted by atomic mass is 35.5. The van der Waals surface area contributed by atoms with Crippen molar-refractivity contribution >= 4 is 29.7 Å². The Bertz CT molecular complexity index is 677. The van der Waals surface area contributed by atoms with Crippen molar-refractivity contribution in [3.63, 3.8) is 0 Å². The molecule has 0 aromatic heterocycles. The number of rotatable bonds is 3. The summed E-state index contributed by atoms with van der Waals surface area (Å²) < 4.78 is 5.44. The second kappa shape index (κ2) is 7.09. The van der Waals surface area contributed by atoms with Crippen LogP contribution in [0.4, 0.5) is 4.79 Å². The summed E-state index contributed by atoms with van der Waals surface area (Å²) in [5, 5.41) is 5.51. The normalized spacial score (nSPS) is 21.8. The molecule has 1 heterocycles. The van der Waals surface area contributed by atoms with Crippen LogP contribution in [0.3, 0.4) is 0 Å². The van der Waals surface area contributed by atoms with Crippen LogP contribution in [0.5, 0.6) is 0 Å². The summed E-state index contributed by atoms with van der Waals surface area (Å²) in [4.78, 5) is 24.3. The number of carbonyl (C=O) groups is 2. The Balaban J connectivity index is 2.31. The van der Waals surface area contributed by atoms with E-state index in [1.54, 1.807) is 26.8 Å². The third-order valence-electron chi connectivity index (χ3n) is 3.33. The maximum absolute atomic E-state index is 12.5. The molecule has 128 valence electrons. The molecule has 24 heavy (non-hydrogen) atoms. The fraction of sp³-hybridized carbons (Fsp3) is 0.333. The van der Waals surface area contributed by atoms with Crippen LogP contribution in [0.15, 0.2) is 47.6 Å². The molecule has 0 saturated carbocycles. The van der Waals surface area contributed by atoms with Gasteiger partial charge in [0.25, 0.3) is 0 Å². The number of esters is 1. The number of ether oxygens (including phenoxy) is 1. The van der Waals surface area contributed by atoms with E-state index in [0.717, 1.165) is 5.56 Å². The van der Waals surface area contributed by atoms with Gasteiger partial charge in [-0.15, -0.1) is 0 Å². The predicted octanol–water partition coefficient (Wildman–Crippen LogP) is 3.42. The third kappa shape index (κ3) is 4.61. The number of amides is 2. The zero-order chi connectivity index (χ0) is 17.9. The van der Waals surface area contributed by atoms with E-state index in [-0.39, 0.29) is 5.70 Å². The van der Waals surface area contributed by atoms with Crippen molar-refractivity contribution in [3.05, 3.63) is 53.2 Å². The van der Waals surface area contributed by atoms with E-state index in [4.69, 9.17) is 16.3 Å². The van der Waals surface area contributed by atoms with Gasteiger partial charge in [-0.2, -0.15) is 0 Å². The minimum absolute atomic E-state index is 0.262. The van der Waals surface area contributed by atoms with E-state index in [9.17, 15) is 9.59 Å². The van der Waals surface area contributed by atoms with Crippen LogP contribution in [-0.4, -0.2) is 23.6 Å². The van der Waals surface area contributed by atoms with Crippen LogP contribution in [0.1, 0.15) is 26.3 Å². The molecular formula is C18H21ClN2O3. The second-order valence-corrected chi connectivity index (χ2v) is 6.99. The number of hydrogen-bond donors (Lipinski definition) is 2. The zero-order valence-electron chi connectivity index (χ0n) is 13.9. The van der Waals surface area contributed by atoms with Crippen molar-refractivity contribution < 1.29 is 14.3 Å². The molecule has 1 aliphatic heterocycles. The molecule has 2 amide bonds. The number of halogens is 1. The number of hydrogen-bond acceptors (Lipinski definition) is 3. The molecule has 1 aliphatic rings. The molecule has 0 bridgehead atoms. The molecule has 0 radical (unpaired) electrons. The van der Waals surface area contributed by atoms with Crippen LogP contribution >= 0.6 is 11.6 Å². The lowest BCUT2D eigenvalue weighted by atomic mass is 9.93. The minimum Gasteiger partial charge on any atom is -0.459 e. The lowest BCUT2D eigenvalue weighted by molar-refractivity contribution is -0.159. The average Bonchev–Trinajstić information content (AvgIpc) is 2.45. The summed E-state index contributed by atoms with van der Waals surface area (Å²) in [6.45, 7) is 9.11. The van der Waals surface area contributed by atoms with Gasteiger partial charge in [0.15, 0.2) is 0 Å². The summed E-state index contributed by atoms with van der Waals surface area (Å²) in [6, 6.07) is 8.21. The summed E-state index contributed by atoms with van der Waals surface area (Å²) in [5.74, 6) is -1.31. The van der Waals surface area contributed by atoms with E-state index < -0.39 is 29.6 Å². The molecule has 0 spiro atoms. The third-order valence-corrected chi connectivity index (χ3v) is 3.68. The SMILES string of the molecule is C=C1NC(=O)N[C@H](/C(Cl)=C/c2ccccc2)[C@H]1C(=O)OC(C)(C)C. The Labute approximate surface area is 146 Å². The van der Waals surface area contributed by atoms with Crippen molar-refractivity contribution in [1.29, 1.82) is 0 Å². The van der Waals surface area contributed by atoms with Crippen LogP contribution < -0.4 is 10.6 Å². The first-order chi connectivity index (χ1) is 11.2. The molecule has 1 aromatic rings. The van der Waals surface area contributed by atoms with Gasteiger partial charge in [-0.25, -0.2) is 4.79 Å². The van der Waals surface area contributed by atoms with Gasteiger partial charge in [0.1, 0.15) is 11.5 Å². The molecule has 2 N–H and O–H groups in total.